The van der Waals surface area contributed by atoms with Crippen LogP contribution in [0.3, 0.4) is 0 Å². The maximum Gasteiger partial charge on any atom is 0.416 e. The highest BCUT2D eigenvalue weighted by Crippen LogP contribution is 2.31. The van der Waals surface area contributed by atoms with Crippen molar-refractivity contribution in [2.24, 2.45) is 7.05 Å². The van der Waals surface area contributed by atoms with Gasteiger partial charge in [0, 0.05) is 30.5 Å². The highest BCUT2D eigenvalue weighted by Gasteiger charge is 2.33. The first-order valence-corrected chi connectivity index (χ1v) is 9.88. The minimum Gasteiger partial charge on any atom is -0.464 e. The predicted molar refractivity (Wildman–Crippen MR) is 113 cm³/mol. The lowest BCUT2D eigenvalue weighted by atomic mass is 10.00. The number of halogens is 3. The predicted octanol–water partition coefficient (Wildman–Crippen LogP) is 4.57. The van der Waals surface area contributed by atoms with E-state index in [-0.39, 0.29) is 17.9 Å². The second-order valence-electron chi connectivity index (χ2n) is 7.32. The number of carbonyl (C=O) groups excluding carboxylic acids is 3. The van der Waals surface area contributed by atoms with E-state index in [4.69, 9.17) is 4.74 Å². The molecule has 1 heterocycles. The van der Waals surface area contributed by atoms with Gasteiger partial charge in [0.2, 0.25) is 0 Å². The smallest absolute Gasteiger partial charge is 0.416 e. The van der Waals surface area contributed by atoms with Gasteiger partial charge in [0.1, 0.15) is 5.69 Å². The monoisotopic (exact) mass is 453 g/mol. The summed E-state index contributed by atoms with van der Waals surface area (Å²) in [7, 11) is 2.87. The largest absolute Gasteiger partial charge is 0.464 e. The molecule has 2 aromatic rings. The lowest BCUT2D eigenvalue weighted by Gasteiger charge is -2.27. The van der Waals surface area contributed by atoms with Crippen LogP contribution in [0.2, 0.25) is 0 Å². The first-order chi connectivity index (χ1) is 14.8. The van der Waals surface area contributed by atoms with Crippen LogP contribution in [0.4, 0.5) is 23.7 Å². The molecule has 10 heteroatoms. The molecule has 0 spiro atoms. The lowest BCUT2D eigenvalue weighted by Crippen LogP contribution is -2.45. The number of likely N-dealkylation sites (N-methyl/N-ethyl adjacent to an activating group) is 1. The van der Waals surface area contributed by atoms with E-state index in [1.807, 2.05) is 0 Å². The standard InChI is InChI=1S/C22H26F3N3O4/c1-7-28(21(31)26-16-10-8-9-15(11-16)22(23,24)25)14(4)19(29)17-12(2)18(20(30)32-6)27(5)13(17)3/h8-11,14H,7H2,1-6H3,(H,26,31). The summed E-state index contributed by atoms with van der Waals surface area (Å²) >= 11 is 0. The van der Waals surface area contributed by atoms with Gasteiger partial charge in [-0.25, -0.2) is 9.59 Å². The molecule has 2 rings (SSSR count). The van der Waals surface area contributed by atoms with E-state index in [0.29, 0.717) is 16.8 Å². The van der Waals surface area contributed by atoms with Crippen LogP contribution in [-0.4, -0.2) is 46.9 Å². The molecule has 0 fully saturated rings. The van der Waals surface area contributed by atoms with Crippen molar-refractivity contribution in [3.63, 3.8) is 0 Å². The van der Waals surface area contributed by atoms with Crippen molar-refractivity contribution in [3.05, 3.63) is 52.3 Å². The number of amides is 2. The first-order valence-electron chi connectivity index (χ1n) is 9.88. The number of carbonyl (C=O) groups is 3. The fourth-order valence-electron chi connectivity index (χ4n) is 3.64. The van der Waals surface area contributed by atoms with Gasteiger partial charge in [-0.1, -0.05) is 6.07 Å². The molecule has 1 atom stereocenters. The van der Waals surface area contributed by atoms with Gasteiger partial charge in [0.05, 0.1) is 18.7 Å². The third-order valence-electron chi connectivity index (χ3n) is 5.45. The molecule has 174 valence electrons. The number of ether oxygens (including phenoxy) is 1. The Balaban J connectivity index is 2.32. The van der Waals surface area contributed by atoms with Crippen LogP contribution in [0.5, 0.6) is 0 Å². The summed E-state index contributed by atoms with van der Waals surface area (Å²) in [6.07, 6.45) is -4.55. The fourth-order valence-corrected chi connectivity index (χ4v) is 3.64. The zero-order chi connectivity index (χ0) is 24.4. The number of anilines is 1. The minimum atomic E-state index is -4.55. The Kier molecular flexibility index (Phi) is 7.38. The summed E-state index contributed by atoms with van der Waals surface area (Å²) in [6.45, 7) is 6.62. The lowest BCUT2D eigenvalue weighted by molar-refractivity contribution is -0.137. The second kappa shape index (κ2) is 9.46. The van der Waals surface area contributed by atoms with Crippen LogP contribution < -0.4 is 5.32 Å². The van der Waals surface area contributed by atoms with Crippen molar-refractivity contribution in [2.45, 2.75) is 39.9 Å². The molecule has 32 heavy (non-hydrogen) atoms. The number of aromatic nitrogens is 1. The minimum absolute atomic E-state index is 0.0389. The zero-order valence-electron chi connectivity index (χ0n) is 18.8. The topological polar surface area (TPSA) is 80.6 Å². The maximum atomic E-state index is 13.3. The number of methoxy groups -OCH3 is 1. The highest BCUT2D eigenvalue weighted by molar-refractivity contribution is 6.07. The normalized spacial score (nSPS) is 12.3. The van der Waals surface area contributed by atoms with Gasteiger partial charge >= 0.3 is 18.2 Å². The molecule has 0 aliphatic rings. The molecular formula is C22H26F3N3O4. The number of Topliss-reactive ketones (excluding diaryl/α,β-unsaturated/α-hetero) is 1. The molecule has 7 nitrogen and oxygen atoms in total. The molecule has 0 saturated carbocycles. The first kappa shape index (κ1) is 25.0. The fraction of sp³-hybridized carbons (Fsp3) is 0.409. The summed E-state index contributed by atoms with van der Waals surface area (Å²) in [5, 5.41) is 2.42. The molecule has 1 aromatic carbocycles. The van der Waals surface area contributed by atoms with E-state index >= 15 is 0 Å². The Morgan fingerprint density at radius 1 is 1.22 bits per heavy atom. The SMILES string of the molecule is CCN(C(=O)Nc1cccc(C(F)(F)F)c1)C(C)C(=O)c1c(C)c(C(=O)OC)n(C)c1C. The van der Waals surface area contributed by atoms with E-state index < -0.39 is 35.6 Å². The number of nitrogens with one attached hydrogen (secondary N) is 1. The average molecular weight is 453 g/mol. The number of hydrogen-bond acceptors (Lipinski definition) is 4. The van der Waals surface area contributed by atoms with Gasteiger partial charge in [-0.2, -0.15) is 13.2 Å². The average Bonchev–Trinajstić information content (AvgIpc) is 2.95. The van der Waals surface area contributed by atoms with Crippen LogP contribution >= 0.6 is 0 Å². The van der Waals surface area contributed by atoms with Crippen molar-refractivity contribution in [2.75, 3.05) is 19.0 Å². The van der Waals surface area contributed by atoms with Crippen molar-refractivity contribution >= 4 is 23.5 Å². The Labute approximate surface area is 184 Å². The number of esters is 1. The maximum absolute atomic E-state index is 13.3. The molecule has 2 amide bonds. The number of rotatable bonds is 6. The third-order valence-corrected chi connectivity index (χ3v) is 5.45. The van der Waals surface area contributed by atoms with Gasteiger partial charge in [-0.15, -0.1) is 0 Å². The van der Waals surface area contributed by atoms with Crippen molar-refractivity contribution in [1.82, 2.24) is 9.47 Å². The second-order valence-corrected chi connectivity index (χ2v) is 7.32. The van der Waals surface area contributed by atoms with Crippen molar-refractivity contribution in [1.29, 1.82) is 0 Å². The quantitative estimate of drug-likeness (QED) is 0.513. The summed E-state index contributed by atoms with van der Waals surface area (Å²) in [5.74, 6) is -0.985. The van der Waals surface area contributed by atoms with Gasteiger partial charge in [-0.05, 0) is 51.5 Å². The van der Waals surface area contributed by atoms with Crippen molar-refractivity contribution < 1.29 is 32.3 Å². The summed E-state index contributed by atoms with van der Waals surface area (Å²) < 4.78 is 45.2. The summed E-state index contributed by atoms with van der Waals surface area (Å²) in [4.78, 5) is 39.4. The molecule has 1 aromatic heterocycles. The molecule has 1 N–H and O–H groups in total. The van der Waals surface area contributed by atoms with Gasteiger partial charge in [-0.3, -0.25) is 4.79 Å². The Hall–Kier alpha value is -3.30. The number of nitrogens with zero attached hydrogens (tertiary/aromatic N) is 2. The molecule has 0 bridgehead atoms. The van der Waals surface area contributed by atoms with E-state index in [9.17, 15) is 27.6 Å². The van der Waals surface area contributed by atoms with Crippen LogP contribution in [0.25, 0.3) is 0 Å². The van der Waals surface area contributed by atoms with Crippen LogP contribution in [0, 0.1) is 13.8 Å². The van der Waals surface area contributed by atoms with Gasteiger partial charge < -0.3 is 19.5 Å². The van der Waals surface area contributed by atoms with Crippen LogP contribution in [0.15, 0.2) is 24.3 Å². The Bertz CT molecular complexity index is 1040. The third kappa shape index (κ3) is 4.79. The van der Waals surface area contributed by atoms with Gasteiger partial charge in [0.25, 0.3) is 0 Å². The van der Waals surface area contributed by atoms with Crippen LogP contribution in [-0.2, 0) is 18.0 Å². The number of alkyl halides is 3. The van der Waals surface area contributed by atoms with Crippen molar-refractivity contribution in [3.8, 4) is 0 Å². The molecule has 0 aliphatic carbocycles. The van der Waals surface area contributed by atoms with Gasteiger partial charge in [0.15, 0.2) is 5.78 Å². The summed E-state index contributed by atoms with van der Waals surface area (Å²) in [6, 6.07) is 2.60. The molecule has 0 radical (unpaired) electrons. The molecule has 0 aliphatic heterocycles. The number of ketones is 1. The number of benzene rings is 1. The highest BCUT2D eigenvalue weighted by atomic mass is 19.4. The van der Waals surface area contributed by atoms with Crippen LogP contribution in [0.1, 0.15) is 51.5 Å². The van der Waals surface area contributed by atoms with E-state index in [2.05, 4.69) is 5.32 Å². The number of hydrogen-bond donors (Lipinski definition) is 1. The molecule has 1 unspecified atom stereocenters. The molecular weight excluding hydrogens is 427 g/mol. The van der Waals surface area contributed by atoms with E-state index in [0.717, 1.165) is 12.1 Å². The van der Waals surface area contributed by atoms with E-state index in [1.54, 1.807) is 32.4 Å². The Morgan fingerprint density at radius 2 is 1.84 bits per heavy atom. The number of urea groups is 1. The molecule has 0 saturated heterocycles. The Morgan fingerprint density at radius 3 is 2.38 bits per heavy atom. The zero-order valence-corrected chi connectivity index (χ0v) is 18.8. The summed E-state index contributed by atoms with van der Waals surface area (Å²) in [5.41, 5.74) is 0.566. The van der Waals surface area contributed by atoms with E-state index in [1.165, 1.54) is 31.1 Å².